The van der Waals surface area contributed by atoms with Crippen LogP contribution in [0.5, 0.6) is 0 Å². The molecular weight excluding hydrogens is 252 g/mol. The van der Waals surface area contributed by atoms with Crippen molar-refractivity contribution in [2.45, 2.75) is 6.92 Å². The van der Waals surface area contributed by atoms with Gasteiger partial charge in [0.05, 0.1) is 16.6 Å². The number of ketones is 1. The van der Waals surface area contributed by atoms with Crippen molar-refractivity contribution in [2.75, 3.05) is 0 Å². The second-order valence-corrected chi connectivity index (χ2v) is 4.54. The van der Waals surface area contributed by atoms with Gasteiger partial charge in [-0.05, 0) is 43.3 Å². The fourth-order valence-electron chi connectivity index (χ4n) is 2.11. The average molecular weight is 264 g/mol. The van der Waals surface area contributed by atoms with E-state index in [0.717, 1.165) is 0 Å². The average Bonchev–Trinajstić information content (AvgIpc) is 2.48. The number of hydrogen-bond acceptors (Lipinski definition) is 3. The summed E-state index contributed by atoms with van der Waals surface area (Å²) in [5.74, 6) is 0.000494. The molecule has 3 aromatic rings. The molecule has 98 valence electrons. The first-order valence-electron chi connectivity index (χ1n) is 6.24. The van der Waals surface area contributed by atoms with Crippen LogP contribution in [0.1, 0.15) is 17.3 Å². The van der Waals surface area contributed by atoms with Gasteiger partial charge in [-0.15, -0.1) is 0 Å². The van der Waals surface area contributed by atoms with E-state index in [0.29, 0.717) is 22.2 Å². The SMILES string of the molecule is CC(=O)c1ccc(-n2cnc3ccccc3c2=O)cc1. The molecule has 1 heterocycles. The van der Waals surface area contributed by atoms with E-state index in [9.17, 15) is 9.59 Å². The predicted molar refractivity (Wildman–Crippen MR) is 77.3 cm³/mol. The Balaban J connectivity index is 2.17. The van der Waals surface area contributed by atoms with Crippen molar-refractivity contribution in [3.63, 3.8) is 0 Å². The van der Waals surface area contributed by atoms with Crippen LogP contribution in [0.25, 0.3) is 16.6 Å². The molecular formula is C16H12N2O2. The Kier molecular flexibility index (Phi) is 2.91. The van der Waals surface area contributed by atoms with Crippen molar-refractivity contribution >= 4 is 16.7 Å². The highest BCUT2D eigenvalue weighted by Crippen LogP contribution is 2.11. The minimum Gasteiger partial charge on any atom is -0.295 e. The zero-order valence-electron chi connectivity index (χ0n) is 10.9. The van der Waals surface area contributed by atoms with Gasteiger partial charge in [0.15, 0.2) is 5.78 Å². The van der Waals surface area contributed by atoms with Crippen molar-refractivity contribution in [2.24, 2.45) is 0 Å². The van der Waals surface area contributed by atoms with E-state index in [1.807, 2.05) is 12.1 Å². The lowest BCUT2D eigenvalue weighted by molar-refractivity contribution is 0.101. The molecule has 0 atom stereocenters. The van der Waals surface area contributed by atoms with Gasteiger partial charge in [0.25, 0.3) is 5.56 Å². The highest BCUT2D eigenvalue weighted by atomic mass is 16.1. The molecule has 0 spiro atoms. The summed E-state index contributed by atoms with van der Waals surface area (Å²) < 4.78 is 1.48. The van der Waals surface area contributed by atoms with Crippen molar-refractivity contribution in [1.29, 1.82) is 0 Å². The molecule has 2 aromatic carbocycles. The van der Waals surface area contributed by atoms with E-state index in [2.05, 4.69) is 4.98 Å². The fourth-order valence-corrected chi connectivity index (χ4v) is 2.11. The number of nitrogens with zero attached hydrogens (tertiary/aromatic N) is 2. The minimum atomic E-state index is -0.119. The molecule has 0 amide bonds. The summed E-state index contributed by atoms with van der Waals surface area (Å²) in [6.07, 6.45) is 1.51. The van der Waals surface area contributed by atoms with Gasteiger partial charge >= 0.3 is 0 Å². The van der Waals surface area contributed by atoms with Gasteiger partial charge < -0.3 is 0 Å². The van der Waals surface area contributed by atoms with Crippen LogP contribution in [0.2, 0.25) is 0 Å². The maximum absolute atomic E-state index is 12.4. The largest absolute Gasteiger partial charge is 0.295 e. The molecule has 0 fully saturated rings. The van der Waals surface area contributed by atoms with Gasteiger partial charge in [-0.25, -0.2) is 4.98 Å². The lowest BCUT2D eigenvalue weighted by Gasteiger charge is -2.07. The van der Waals surface area contributed by atoms with Crippen molar-refractivity contribution < 1.29 is 4.79 Å². The first-order valence-corrected chi connectivity index (χ1v) is 6.24. The number of carbonyl (C=O) groups is 1. The van der Waals surface area contributed by atoms with Crippen LogP contribution < -0.4 is 5.56 Å². The number of carbonyl (C=O) groups excluding carboxylic acids is 1. The summed E-state index contributed by atoms with van der Waals surface area (Å²) in [5.41, 5.74) is 1.87. The quantitative estimate of drug-likeness (QED) is 0.668. The molecule has 4 nitrogen and oxygen atoms in total. The number of aromatic nitrogens is 2. The Bertz CT molecular complexity index is 848. The number of Topliss-reactive ketones (excluding diaryl/α,β-unsaturated/α-hetero) is 1. The minimum absolute atomic E-state index is 0.000494. The fraction of sp³-hybridized carbons (Fsp3) is 0.0625. The van der Waals surface area contributed by atoms with E-state index < -0.39 is 0 Å². The second kappa shape index (κ2) is 4.74. The lowest BCUT2D eigenvalue weighted by Crippen LogP contribution is -2.18. The van der Waals surface area contributed by atoms with Crippen molar-refractivity contribution in [3.05, 3.63) is 70.8 Å². The van der Waals surface area contributed by atoms with E-state index in [1.54, 1.807) is 36.4 Å². The van der Waals surface area contributed by atoms with Gasteiger partial charge in [-0.2, -0.15) is 0 Å². The van der Waals surface area contributed by atoms with Gasteiger partial charge in [0.1, 0.15) is 6.33 Å². The molecule has 0 saturated carbocycles. The zero-order valence-corrected chi connectivity index (χ0v) is 10.9. The highest BCUT2D eigenvalue weighted by Gasteiger charge is 2.06. The van der Waals surface area contributed by atoms with Gasteiger partial charge in [-0.3, -0.25) is 14.2 Å². The van der Waals surface area contributed by atoms with Crippen LogP contribution in [0, 0.1) is 0 Å². The molecule has 0 bridgehead atoms. The molecule has 3 rings (SSSR count). The van der Waals surface area contributed by atoms with E-state index in [1.165, 1.54) is 17.8 Å². The van der Waals surface area contributed by atoms with E-state index in [4.69, 9.17) is 0 Å². The van der Waals surface area contributed by atoms with Gasteiger partial charge in [0, 0.05) is 5.56 Å². The van der Waals surface area contributed by atoms with Crippen molar-refractivity contribution in [3.8, 4) is 5.69 Å². The normalized spacial score (nSPS) is 10.7. The first kappa shape index (κ1) is 12.3. The summed E-state index contributed by atoms with van der Waals surface area (Å²) >= 11 is 0. The van der Waals surface area contributed by atoms with E-state index in [-0.39, 0.29) is 11.3 Å². The van der Waals surface area contributed by atoms with Gasteiger partial charge in [-0.1, -0.05) is 12.1 Å². The summed E-state index contributed by atoms with van der Waals surface area (Å²) in [6.45, 7) is 1.51. The Morgan fingerprint density at radius 1 is 1.05 bits per heavy atom. The Hall–Kier alpha value is -2.75. The van der Waals surface area contributed by atoms with Crippen LogP contribution in [0.15, 0.2) is 59.7 Å². The Labute approximate surface area is 115 Å². The van der Waals surface area contributed by atoms with Crippen LogP contribution in [-0.4, -0.2) is 15.3 Å². The standard InChI is InChI=1S/C16H12N2O2/c1-11(19)12-6-8-13(9-7-12)18-10-17-15-5-3-2-4-14(15)16(18)20/h2-10H,1H3. The van der Waals surface area contributed by atoms with Crippen LogP contribution >= 0.6 is 0 Å². The van der Waals surface area contributed by atoms with Crippen LogP contribution in [0.3, 0.4) is 0 Å². The van der Waals surface area contributed by atoms with Crippen molar-refractivity contribution in [1.82, 2.24) is 9.55 Å². The molecule has 20 heavy (non-hydrogen) atoms. The number of rotatable bonds is 2. The molecule has 0 aliphatic carbocycles. The van der Waals surface area contributed by atoms with Crippen LogP contribution in [-0.2, 0) is 0 Å². The predicted octanol–water partition coefficient (Wildman–Crippen LogP) is 2.59. The maximum atomic E-state index is 12.4. The number of hydrogen-bond donors (Lipinski definition) is 0. The third-order valence-corrected chi connectivity index (χ3v) is 3.22. The Morgan fingerprint density at radius 3 is 2.45 bits per heavy atom. The molecule has 0 N–H and O–H groups in total. The third-order valence-electron chi connectivity index (χ3n) is 3.22. The maximum Gasteiger partial charge on any atom is 0.265 e. The first-order chi connectivity index (χ1) is 9.66. The molecule has 4 heteroatoms. The monoisotopic (exact) mass is 264 g/mol. The molecule has 0 radical (unpaired) electrons. The summed E-state index contributed by atoms with van der Waals surface area (Å²) in [7, 11) is 0. The smallest absolute Gasteiger partial charge is 0.265 e. The van der Waals surface area contributed by atoms with Crippen LogP contribution in [0.4, 0.5) is 0 Å². The van der Waals surface area contributed by atoms with Gasteiger partial charge in [0.2, 0.25) is 0 Å². The summed E-state index contributed by atoms with van der Waals surface area (Å²) in [5, 5.41) is 0.575. The van der Waals surface area contributed by atoms with E-state index >= 15 is 0 Å². The number of benzene rings is 2. The molecule has 0 aliphatic heterocycles. The Morgan fingerprint density at radius 2 is 1.75 bits per heavy atom. The number of fused-ring (bicyclic) bond motifs is 1. The molecule has 0 unspecified atom stereocenters. The number of para-hydroxylation sites is 1. The molecule has 0 aliphatic rings. The molecule has 1 aromatic heterocycles. The highest BCUT2D eigenvalue weighted by molar-refractivity contribution is 5.94. The zero-order chi connectivity index (χ0) is 14.1. The summed E-state index contributed by atoms with van der Waals surface area (Å²) in [6, 6.07) is 14.1. The topological polar surface area (TPSA) is 52.0 Å². The summed E-state index contributed by atoms with van der Waals surface area (Å²) in [4.78, 5) is 27.9. The second-order valence-electron chi connectivity index (χ2n) is 4.54. The lowest BCUT2D eigenvalue weighted by atomic mass is 10.1. The molecule has 0 saturated heterocycles. The third kappa shape index (κ3) is 2.01.